The Morgan fingerprint density at radius 1 is 1.47 bits per heavy atom. The van der Waals surface area contributed by atoms with Gasteiger partial charge in [0.25, 0.3) is 5.91 Å². The second kappa shape index (κ2) is 5.36. The van der Waals surface area contributed by atoms with E-state index in [2.05, 4.69) is 0 Å². The van der Waals surface area contributed by atoms with Gasteiger partial charge in [-0.2, -0.15) is 0 Å². The van der Waals surface area contributed by atoms with Gasteiger partial charge >= 0.3 is 5.97 Å². The van der Waals surface area contributed by atoms with Gasteiger partial charge in [0.2, 0.25) is 0 Å². The predicted octanol–water partition coefficient (Wildman–Crippen LogP) is 1.06. The third-order valence-electron chi connectivity index (χ3n) is 3.17. The average molecular weight is 267 g/mol. The Hall–Kier alpha value is -1.95. The van der Waals surface area contributed by atoms with Crippen LogP contribution in [0, 0.1) is 12.7 Å². The number of nitrogens with zero attached hydrogens (tertiary/aromatic N) is 1. The summed E-state index contributed by atoms with van der Waals surface area (Å²) in [6.07, 6.45) is 0. The lowest BCUT2D eigenvalue weighted by molar-refractivity contribution is -0.147. The van der Waals surface area contributed by atoms with Crippen molar-refractivity contribution in [2.75, 3.05) is 19.8 Å². The fraction of sp³-hybridized carbons (Fsp3) is 0.385. The van der Waals surface area contributed by atoms with E-state index in [1.54, 1.807) is 0 Å². The van der Waals surface area contributed by atoms with Gasteiger partial charge in [-0.15, -0.1) is 0 Å². The molecule has 1 atom stereocenters. The molecule has 6 heteroatoms. The number of carbonyl (C=O) groups excluding carboxylic acids is 1. The molecular formula is C13H14FNO4. The molecule has 1 unspecified atom stereocenters. The van der Waals surface area contributed by atoms with Gasteiger partial charge in [0.1, 0.15) is 5.82 Å². The number of aliphatic carboxylic acids is 1. The zero-order valence-corrected chi connectivity index (χ0v) is 10.4. The van der Waals surface area contributed by atoms with Crippen molar-refractivity contribution in [2.24, 2.45) is 0 Å². The number of hydrogen-bond acceptors (Lipinski definition) is 3. The van der Waals surface area contributed by atoms with Crippen molar-refractivity contribution in [3.8, 4) is 0 Å². The first-order valence-corrected chi connectivity index (χ1v) is 5.89. The van der Waals surface area contributed by atoms with Crippen LogP contribution in [0.3, 0.4) is 0 Å². The summed E-state index contributed by atoms with van der Waals surface area (Å²) in [5, 5.41) is 9.08. The molecule has 0 aromatic heterocycles. The van der Waals surface area contributed by atoms with E-state index in [1.807, 2.05) is 0 Å². The first kappa shape index (κ1) is 13.5. The standard InChI is InChI=1S/C13H14FNO4/c1-8-9(3-2-4-10(8)14)12(16)15-5-6-19-7-11(15)13(17)18/h2-4,11H,5-7H2,1H3,(H,17,18). The molecule has 19 heavy (non-hydrogen) atoms. The van der Waals surface area contributed by atoms with Crippen molar-refractivity contribution in [1.29, 1.82) is 0 Å². The van der Waals surface area contributed by atoms with E-state index < -0.39 is 23.7 Å². The molecule has 0 radical (unpaired) electrons. The van der Waals surface area contributed by atoms with Crippen molar-refractivity contribution in [3.05, 3.63) is 35.1 Å². The van der Waals surface area contributed by atoms with E-state index in [9.17, 15) is 14.0 Å². The highest BCUT2D eigenvalue weighted by atomic mass is 19.1. The monoisotopic (exact) mass is 267 g/mol. The summed E-state index contributed by atoms with van der Waals surface area (Å²) >= 11 is 0. The molecule has 0 saturated carbocycles. The first-order valence-electron chi connectivity index (χ1n) is 5.89. The van der Waals surface area contributed by atoms with E-state index in [1.165, 1.54) is 30.0 Å². The number of carboxylic acid groups (broad SMARTS) is 1. The third kappa shape index (κ3) is 2.58. The number of ether oxygens (including phenoxy) is 1. The molecule has 1 aromatic carbocycles. The number of morpholine rings is 1. The van der Waals surface area contributed by atoms with Crippen molar-refractivity contribution in [2.45, 2.75) is 13.0 Å². The maximum absolute atomic E-state index is 13.5. The van der Waals surface area contributed by atoms with Gasteiger partial charge in [0.05, 0.1) is 13.2 Å². The molecule has 1 saturated heterocycles. The Morgan fingerprint density at radius 3 is 2.89 bits per heavy atom. The van der Waals surface area contributed by atoms with Crippen LogP contribution in [0.2, 0.25) is 0 Å². The molecule has 5 nitrogen and oxygen atoms in total. The van der Waals surface area contributed by atoms with Crippen LogP contribution >= 0.6 is 0 Å². The van der Waals surface area contributed by atoms with Crippen LogP contribution < -0.4 is 0 Å². The summed E-state index contributed by atoms with van der Waals surface area (Å²) in [6.45, 7) is 1.92. The largest absolute Gasteiger partial charge is 0.480 e. The molecule has 1 heterocycles. The van der Waals surface area contributed by atoms with Crippen molar-refractivity contribution < 1.29 is 23.8 Å². The zero-order valence-electron chi connectivity index (χ0n) is 10.4. The fourth-order valence-corrected chi connectivity index (χ4v) is 2.05. The van der Waals surface area contributed by atoms with Crippen LogP contribution in [0.4, 0.5) is 4.39 Å². The van der Waals surface area contributed by atoms with Crippen LogP contribution in [0.5, 0.6) is 0 Å². The van der Waals surface area contributed by atoms with Gasteiger partial charge in [-0.25, -0.2) is 9.18 Å². The minimum Gasteiger partial charge on any atom is -0.480 e. The van der Waals surface area contributed by atoms with Crippen molar-refractivity contribution in [3.63, 3.8) is 0 Å². The van der Waals surface area contributed by atoms with Crippen LogP contribution in [-0.2, 0) is 9.53 Å². The summed E-state index contributed by atoms with van der Waals surface area (Å²) in [4.78, 5) is 24.6. The second-order valence-corrected chi connectivity index (χ2v) is 4.34. The highest BCUT2D eigenvalue weighted by molar-refractivity contribution is 5.98. The SMILES string of the molecule is Cc1c(F)cccc1C(=O)N1CCOCC1C(=O)O. The highest BCUT2D eigenvalue weighted by Gasteiger charge is 2.33. The highest BCUT2D eigenvalue weighted by Crippen LogP contribution is 2.17. The van der Waals surface area contributed by atoms with E-state index in [0.717, 1.165) is 0 Å². The molecule has 1 aliphatic rings. The normalized spacial score (nSPS) is 19.3. The summed E-state index contributed by atoms with van der Waals surface area (Å²) in [5.41, 5.74) is 0.413. The Balaban J connectivity index is 2.31. The molecule has 0 spiro atoms. The lowest BCUT2D eigenvalue weighted by atomic mass is 10.1. The molecule has 1 fully saturated rings. The Kier molecular flexibility index (Phi) is 3.80. The molecule has 1 amide bonds. The third-order valence-corrected chi connectivity index (χ3v) is 3.17. The zero-order chi connectivity index (χ0) is 14.0. The number of rotatable bonds is 2. The molecule has 1 N–H and O–H groups in total. The maximum atomic E-state index is 13.5. The first-order chi connectivity index (χ1) is 9.02. The summed E-state index contributed by atoms with van der Waals surface area (Å²) in [7, 11) is 0. The molecule has 2 rings (SSSR count). The molecule has 0 bridgehead atoms. The summed E-state index contributed by atoms with van der Waals surface area (Å²) in [6, 6.07) is 3.17. The summed E-state index contributed by atoms with van der Waals surface area (Å²) in [5.74, 6) is -2.08. The quantitative estimate of drug-likeness (QED) is 0.870. The number of halogens is 1. The minimum absolute atomic E-state index is 0.0462. The number of amides is 1. The Labute approximate surface area is 109 Å². The minimum atomic E-state index is -1.12. The van der Waals surface area contributed by atoms with E-state index in [4.69, 9.17) is 9.84 Å². The second-order valence-electron chi connectivity index (χ2n) is 4.34. The van der Waals surface area contributed by atoms with Gasteiger partial charge in [-0.3, -0.25) is 4.79 Å². The van der Waals surface area contributed by atoms with E-state index in [-0.39, 0.29) is 30.9 Å². The van der Waals surface area contributed by atoms with Gasteiger partial charge < -0.3 is 14.7 Å². The Bertz CT molecular complexity index is 517. The average Bonchev–Trinajstić information content (AvgIpc) is 2.41. The summed E-state index contributed by atoms with van der Waals surface area (Å²) < 4.78 is 18.5. The lowest BCUT2D eigenvalue weighted by Crippen LogP contribution is -2.52. The molecular weight excluding hydrogens is 253 g/mol. The topological polar surface area (TPSA) is 66.8 Å². The van der Waals surface area contributed by atoms with Gasteiger partial charge in [0.15, 0.2) is 6.04 Å². The van der Waals surface area contributed by atoms with E-state index >= 15 is 0 Å². The van der Waals surface area contributed by atoms with Crippen molar-refractivity contribution >= 4 is 11.9 Å². The van der Waals surface area contributed by atoms with Crippen LogP contribution in [0.25, 0.3) is 0 Å². The predicted molar refractivity (Wildman–Crippen MR) is 64.4 cm³/mol. The van der Waals surface area contributed by atoms with Crippen LogP contribution in [0.1, 0.15) is 15.9 Å². The Morgan fingerprint density at radius 2 is 2.21 bits per heavy atom. The van der Waals surface area contributed by atoms with Gasteiger partial charge in [0, 0.05) is 12.1 Å². The van der Waals surface area contributed by atoms with Crippen LogP contribution in [0.15, 0.2) is 18.2 Å². The number of hydrogen-bond donors (Lipinski definition) is 1. The molecule has 1 aromatic rings. The molecule has 102 valence electrons. The van der Waals surface area contributed by atoms with Crippen molar-refractivity contribution in [1.82, 2.24) is 4.90 Å². The molecule has 1 aliphatic heterocycles. The van der Waals surface area contributed by atoms with Gasteiger partial charge in [-0.05, 0) is 24.6 Å². The van der Waals surface area contributed by atoms with Crippen LogP contribution in [-0.4, -0.2) is 47.7 Å². The maximum Gasteiger partial charge on any atom is 0.328 e. The van der Waals surface area contributed by atoms with E-state index in [0.29, 0.717) is 0 Å². The molecule has 0 aliphatic carbocycles. The smallest absolute Gasteiger partial charge is 0.328 e. The number of benzene rings is 1. The lowest BCUT2D eigenvalue weighted by Gasteiger charge is -2.33. The number of carboxylic acids is 1. The van der Waals surface area contributed by atoms with Gasteiger partial charge in [-0.1, -0.05) is 6.07 Å². The fourth-order valence-electron chi connectivity index (χ4n) is 2.05. The number of carbonyl (C=O) groups is 2.